The molecule has 1 amide bonds. The van der Waals surface area contributed by atoms with E-state index in [4.69, 9.17) is 21.4 Å². The molecule has 0 aliphatic heterocycles. The van der Waals surface area contributed by atoms with E-state index in [1.54, 1.807) is 0 Å². The van der Waals surface area contributed by atoms with E-state index >= 15 is 0 Å². The van der Waals surface area contributed by atoms with Gasteiger partial charge in [0.1, 0.15) is 11.6 Å². The number of amides is 1. The number of hydrogen-bond acceptors (Lipinski definition) is 2. The molecule has 0 saturated heterocycles. The molecule has 2 rings (SSSR count). The van der Waals surface area contributed by atoms with E-state index in [1.807, 2.05) is 5.32 Å². The highest BCUT2D eigenvalue weighted by Crippen LogP contribution is 2.33. The molecule has 0 bridgehead atoms. The Morgan fingerprint density at radius 1 is 1.44 bits per heavy atom. The van der Waals surface area contributed by atoms with Gasteiger partial charge in [0.15, 0.2) is 0 Å². The summed E-state index contributed by atoms with van der Waals surface area (Å²) in [5.41, 5.74) is -0.153. The summed E-state index contributed by atoms with van der Waals surface area (Å²) in [6.45, 7) is 0. The van der Waals surface area contributed by atoms with Gasteiger partial charge < -0.3 is 9.84 Å². The second kappa shape index (κ2) is 5.44. The minimum Gasteiger partial charge on any atom is -0.489 e. The summed E-state index contributed by atoms with van der Waals surface area (Å²) >= 11 is 5.88. The third kappa shape index (κ3) is 3.04. The number of rotatable bonds is 3. The van der Waals surface area contributed by atoms with E-state index in [1.165, 1.54) is 6.07 Å². The summed E-state index contributed by atoms with van der Waals surface area (Å²) in [6, 6.07) is 2.33. The van der Waals surface area contributed by atoms with Crippen molar-refractivity contribution in [2.45, 2.75) is 31.8 Å². The van der Waals surface area contributed by atoms with Crippen LogP contribution in [0.3, 0.4) is 0 Å². The Labute approximate surface area is 109 Å². The van der Waals surface area contributed by atoms with Crippen molar-refractivity contribution in [2.75, 3.05) is 5.32 Å². The highest BCUT2D eigenvalue weighted by Gasteiger charge is 2.19. The molecule has 1 fully saturated rings. The predicted molar refractivity (Wildman–Crippen MR) is 65.9 cm³/mol. The molecule has 6 heteroatoms. The molecule has 4 nitrogen and oxygen atoms in total. The quantitative estimate of drug-likeness (QED) is 0.878. The summed E-state index contributed by atoms with van der Waals surface area (Å²) in [5.74, 6) is -0.408. The first-order chi connectivity index (χ1) is 8.56. The molecule has 98 valence electrons. The topological polar surface area (TPSA) is 58.6 Å². The number of hydrogen-bond donors (Lipinski definition) is 2. The van der Waals surface area contributed by atoms with Crippen molar-refractivity contribution >= 4 is 23.4 Å². The highest BCUT2D eigenvalue weighted by molar-refractivity contribution is 6.32. The lowest BCUT2D eigenvalue weighted by Crippen LogP contribution is -2.13. The van der Waals surface area contributed by atoms with E-state index in [2.05, 4.69) is 0 Å². The van der Waals surface area contributed by atoms with Crippen LogP contribution in [0.1, 0.15) is 25.7 Å². The third-order valence-corrected chi connectivity index (χ3v) is 3.15. The summed E-state index contributed by atoms with van der Waals surface area (Å²) in [6.07, 6.45) is 2.83. The van der Waals surface area contributed by atoms with Crippen LogP contribution in [-0.4, -0.2) is 17.3 Å². The van der Waals surface area contributed by atoms with Crippen molar-refractivity contribution in [3.63, 3.8) is 0 Å². The zero-order valence-corrected chi connectivity index (χ0v) is 10.3. The van der Waals surface area contributed by atoms with Crippen LogP contribution < -0.4 is 10.1 Å². The van der Waals surface area contributed by atoms with E-state index in [9.17, 15) is 9.18 Å². The molecule has 1 aliphatic carbocycles. The van der Waals surface area contributed by atoms with Gasteiger partial charge in [0.25, 0.3) is 0 Å². The van der Waals surface area contributed by atoms with Crippen LogP contribution in [0.25, 0.3) is 0 Å². The van der Waals surface area contributed by atoms with Crippen LogP contribution >= 0.6 is 11.6 Å². The van der Waals surface area contributed by atoms with Gasteiger partial charge in [-0.1, -0.05) is 11.6 Å². The van der Waals surface area contributed by atoms with Crippen LogP contribution in [0.2, 0.25) is 5.02 Å². The zero-order valence-electron chi connectivity index (χ0n) is 9.58. The van der Waals surface area contributed by atoms with Crippen LogP contribution in [0.15, 0.2) is 12.1 Å². The fraction of sp³-hybridized carbons (Fsp3) is 0.417. The average molecular weight is 274 g/mol. The summed E-state index contributed by atoms with van der Waals surface area (Å²) < 4.78 is 19.1. The molecule has 1 saturated carbocycles. The number of ether oxygens (including phenoxy) is 1. The van der Waals surface area contributed by atoms with Crippen LogP contribution in [0.5, 0.6) is 5.75 Å². The zero-order chi connectivity index (χ0) is 13.1. The number of halogens is 2. The highest BCUT2D eigenvalue weighted by atomic mass is 35.5. The first-order valence-electron chi connectivity index (χ1n) is 5.72. The van der Waals surface area contributed by atoms with E-state index in [0.29, 0.717) is 5.75 Å². The van der Waals surface area contributed by atoms with E-state index in [0.717, 1.165) is 31.7 Å². The standard InChI is InChI=1S/C12H13ClFNO3/c13-8-5-9(14)10(15-12(16)17)6-11(8)18-7-3-1-2-4-7/h5-7,15H,1-4H2,(H,16,17). The maximum absolute atomic E-state index is 13.4. The third-order valence-electron chi connectivity index (χ3n) is 2.86. The molecule has 1 aromatic carbocycles. The Hall–Kier alpha value is -1.49. The monoisotopic (exact) mass is 273 g/mol. The van der Waals surface area contributed by atoms with Gasteiger partial charge in [-0.15, -0.1) is 0 Å². The molecule has 0 heterocycles. The van der Waals surface area contributed by atoms with Gasteiger partial charge in [-0.05, 0) is 31.7 Å². The second-order valence-corrected chi connectivity index (χ2v) is 4.62. The van der Waals surface area contributed by atoms with Gasteiger partial charge in [-0.25, -0.2) is 9.18 Å². The number of anilines is 1. The van der Waals surface area contributed by atoms with Crippen molar-refractivity contribution in [2.24, 2.45) is 0 Å². The molecule has 0 aromatic heterocycles. The van der Waals surface area contributed by atoms with Gasteiger partial charge in [-0.3, -0.25) is 5.32 Å². The van der Waals surface area contributed by atoms with Crippen molar-refractivity contribution in [1.82, 2.24) is 0 Å². The van der Waals surface area contributed by atoms with Gasteiger partial charge in [0.05, 0.1) is 16.8 Å². The minimum atomic E-state index is -1.33. The number of nitrogens with one attached hydrogen (secondary N) is 1. The Kier molecular flexibility index (Phi) is 3.91. The molecular weight excluding hydrogens is 261 g/mol. The maximum atomic E-state index is 13.4. The normalized spacial score (nSPS) is 15.7. The summed E-state index contributed by atoms with van der Waals surface area (Å²) in [5, 5.41) is 10.7. The molecule has 1 aliphatic rings. The van der Waals surface area contributed by atoms with Crippen LogP contribution in [0, 0.1) is 5.82 Å². The molecule has 0 spiro atoms. The predicted octanol–water partition coefficient (Wildman–Crippen LogP) is 3.89. The van der Waals surface area contributed by atoms with Crippen molar-refractivity contribution in [3.05, 3.63) is 23.0 Å². The molecule has 0 radical (unpaired) electrons. The lowest BCUT2D eigenvalue weighted by Gasteiger charge is -2.15. The van der Waals surface area contributed by atoms with Crippen molar-refractivity contribution in [1.29, 1.82) is 0 Å². The first kappa shape index (κ1) is 13.0. The molecule has 0 unspecified atom stereocenters. The Bertz CT molecular complexity index is 461. The van der Waals surface area contributed by atoms with Crippen molar-refractivity contribution < 1.29 is 19.0 Å². The number of benzene rings is 1. The molecule has 2 N–H and O–H groups in total. The van der Waals surface area contributed by atoms with E-state index < -0.39 is 11.9 Å². The SMILES string of the molecule is O=C(O)Nc1cc(OC2CCCC2)c(Cl)cc1F. The van der Waals surface area contributed by atoms with Gasteiger partial charge in [-0.2, -0.15) is 0 Å². The molecular formula is C12H13ClFNO3. The average Bonchev–Trinajstić information content (AvgIpc) is 2.77. The summed E-state index contributed by atoms with van der Waals surface area (Å²) in [7, 11) is 0. The summed E-state index contributed by atoms with van der Waals surface area (Å²) in [4.78, 5) is 10.5. The molecule has 0 atom stereocenters. The minimum absolute atomic E-state index is 0.0747. The molecule has 1 aromatic rings. The number of carboxylic acid groups (broad SMARTS) is 1. The van der Waals surface area contributed by atoms with Crippen LogP contribution in [-0.2, 0) is 0 Å². The fourth-order valence-corrected chi connectivity index (χ4v) is 2.21. The van der Waals surface area contributed by atoms with E-state index in [-0.39, 0.29) is 16.8 Å². The van der Waals surface area contributed by atoms with Crippen molar-refractivity contribution in [3.8, 4) is 5.75 Å². The van der Waals surface area contributed by atoms with Gasteiger partial charge in [0, 0.05) is 6.07 Å². The smallest absolute Gasteiger partial charge is 0.409 e. The fourth-order valence-electron chi connectivity index (χ4n) is 2.02. The Morgan fingerprint density at radius 2 is 2.11 bits per heavy atom. The van der Waals surface area contributed by atoms with Crippen LogP contribution in [0.4, 0.5) is 14.9 Å². The maximum Gasteiger partial charge on any atom is 0.409 e. The lowest BCUT2D eigenvalue weighted by atomic mass is 10.2. The second-order valence-electron chi connectivity index (χ2n) is 4.22. The Morgan fingerprint density at radius 3 is 2.72 bits per heavy atom. The van der Waals surface area contributed by atoms with Gasteiger partial charge >= 0.3 is 6.09 Å². The van der Waals surface area contributed by atoms with Gasteiger partial charge in [0.2, 0.25) is 0 Å². The first-order valence-corrected chi connectivity index (χ1v) is 6.09. The Balaban J connectivity index is 2.20. The molecule has 18 heavy (non-hydrogen) atoms. The number of carbonyl (C=O) groups is 1. The lowest BCUT2D eigenvalue weighted by molar-refractivity contribution is 0.208. The largest absolute Gasteiger partial charge is 0.489 e.